The summed E-state index contributed by atoms with van der Waals surface area (Å²) in [6, 6.07) is 6.74. The molecule has 1 aromatic heterocycles. The smallest absolute Gasteiger partial charge is 0.0484 e. The molecule has 1 aromatic carbocycles. The van der Waals surface area contributed by atoms with Crippen LogP contribution in [0.4, 0.5) is 0 Å². The topological polar surface area (TPSA) is 0 Å². The van der Waals surface area contributed by atoms with Gasteiger partial charge in [-0.1, -0.05) is 19.1 Å². The molecule has 0 nitrogen and oxygen atoms in total. The summed E-state index contributed by atoms with van der Waals surface area (Å²) >= 11 is 3.87. The zero-order valence-corrected chi connectivity index (χ0v) is 10.4. The normalized spacial score (nSPS) is 11.1. The Bertz CT molecular complexity index is 455. The van der Waals surface area contributed by atoms with E-state index in [1.54, 1.807) is 0 Å². The highest BCUT2D eigenvalue weighted by Crippen LogP contribution is 2.36. The molecular weight excluding hydrogens is 208 g/mol. The first-order chi connectivity index (χ1) is 6.72. The van der Waals surface area contributed by atoms with Gasteiger partial charge in [0.05, 0.1) is 0 Å². The molecule has 0 amide bonds. The van der Waals surface area contributed by atoms with Gasteiger partial charge < -0.3 is 0 Å². The minimum Gasteiger partial charge on any atom is -0.139 e. The summed E-state index contributed by atoms with van der Waals surface area (Å²) < 4.78 is 1.47. The summed E-state index contributed by atoms with van der Waals surface area (Å²) in [7, 11) is 0. The molecule has 0 aliphatic heterocycles. The maximum Gasteiger partial charge on any atom is 0.0484 e. The van der Waals surface area contributed by atoms with E-state index >= 15 is 0 Å². The van der Waals surface area contributed by atoms with Crippen LogP contribution >= 0.6 is 23.1 Å². The Kier molecular flexibility index (Phi) is 2.84. The van der Waals surface area contributed by atoms with Gasteiger partial charge >= 0.3 is 0 Å². The number of aryl methyl sites for hydroxylation is 2. The van der Waals surface area contributed by atoms with Gasteiger partial charge in [0.15, 0.2) is 0 Å². The van der Waals surface area contributed by atoms with Crippen molar-refractivity contribution in [3.8, 4) is 0 Å². The van der Waals surface area contributed by atoms with E-state index in [-0.39, 0.29) is 0 Å². The second-order valence-electron chi connectivity index (χ2n) is 3.42. The number of thioether (sulfide) groups is 1. The molecule has 0 aliphatic carbocycles. The lowest BCUT2D eigenvalue weighted by Gasteiger charge is -2.04. The minimum atomic E-state index is 1.15. The second-order valence-corrected chi connectivity index (χ2v) is 5.95. The quantitative estimate of drug-likeness (QED) is 0.668. The Labute approximate surface area is 93.3 Å². The highest BCUT2D eigenvalue weighted by Gasteiger charge is 2.06. The standard InChI is InChI=1S/C12H14S2/c1-4-13-11-8(2)5-6-10-7-9(3)14-12(10)11/h5-7H,4H2,1-3H3. The van der Waals surface area contributed by atoms with Gasteiger partial charge in [-0.05, 0) is 36.6 Å². The van der Waals surface area contributed by atoms with Crippen LogP contribution in [0.25, 0.3) is 10.1 Å². The van der Waals surface area contributed by atoms with E-state index in [2.05, 4.69) is 39.0 Å². The van der Waals surface area contributed by atoms with Crippen LogP contribution in [-0.2, 0) is 0 Å². The fraction of sp³-hybridized carbons (Fsp3) is 0.333. The zero-order valence-electron chi connectivity index (χ0n) is 8.76. The predicted molar refractivity (Wildman–Crippen MR) is 67.7 cm³/mol. The number of benzene rings is 1. The van der Waals surface area contributed by atoms with Crippen LogP contribution in [0.3, 0.4) is 0 Å². The summed E-state index contributed by atoms with van der Waals surface area (Å²) in [4.78, 5) is 2.88. The summed E-state index contributed by atoms with van der Waals surface area (Å²) in [5.74, 6) is 1.15. The van der Waals surface area contributed by atoms with E-state index in [1.807, 2.05) is 23.1 Å². The minimum absolute atomic E-state index is 1.15. The first-order valence-corrected chi connectivity index (χ1v) is 6.65. The summed E-state index contributed by atoms with van der Waals surface area (Å²) in [5, 5.41) is 1.40. The van der Waals surface area contributed by atoms with Crippen LogP contribution in [0.15, 0.2) is 23.1 Å². The van der Waals surface area contributed by atoms with Gasteiger partial charge in [0.25, 0.3) is 0 Å². The van der Waals surface area contributed by atoms with E-state index in [0.717, 1.165) is 5.75 Å². The van der Waals surface area contributed by atoms with E-state index in [4.69, 9.17) is 0 Å². The Morgan fingerprint density at radius 1 is 1.29 bits per heavy atom. The van der Waals surface area contributed by atoms with Crippen molar-refractivity contribution in [1.82, 2.24) is 0 Å². The van der Waals surface area contributed by atoms with Crippen LogP contribution in [0.5, 0.6) is 0 Å². The van der Waals surface area contributed by atoms with Crippen molar-refractivity contribution in [2.45, 2.75) is 25.7 Å². The van der Waals surface area contributed by atoms with Gasteiger partial charge in [0.2, 0.25) is 0 Å². The van der Waals surface area contributed by atoms with E-state index in [0.29, 0.717) is 0 Å². The highest BCUT2D eigenvalue weighted by atomic mass is 32.2. The van der Waals surface area contributed by atoms with Gasteiger partial charge in [-0.3, -0.25) is 0 Å². The van der Waals surface area contributed by atoms with Crippen molar-refractivity contribution in [1.29, 1.82) is 0 Å². The third kappa shape index (κ3) is 1.69. The van der Waals surface area contributed by atoms with Gasteiger partial charge in [-0.15, -0.1) is 23.1 Å². The number of fused-ring (bicyclic) bond motifs is 1. The third-order valence-electron chi connectivity index (χ3n) is 2.25. The molecule has 0 saturated carbocycles. The molecule has 0 saturated heterocycles. The second kappa shape index (κ2) is 3.95. The Morgan fingerprint density at radius 2 is 2.07 bits per heavy atom. The lowest BCUT2D eigenvalue weighted by molar-refractivity contribution is 1.35. The van der Waals surface area contributed by atoms with Crippen molar-refractivity contribution >= 4 is 33.2 Å². The highest BCUT2D eigenvalue weighted by molar-refractivity contribution is 7.99. The largest absolute Gasteiger partial charge is 0.139 e. The van der Waals surface area contributed by atoms with Crippen molar-refractivity contribution in [2.75, 3.05) is 5.75 Å². The van der Waals surface area contributed by atoms with Crippen molar-refractivity contribution in [2.24, 2.45) is 0 Å². The molecule has 0 unspecified atom stereocenters. The maximum atomic E-state index is 2.28. The number of thiophene rings is 1. The van der Waals surface area contributed by atoms with Crippen LogP contribution in [-0.4, -0.2) is 5.75 Å². The van der Waals surface area contributed by atoms with Gasteiger partial charge in [-0.2, -0.15) is 0 Å². The van der Waals surface area contributed by atoms with E-state index in [1.165, 1.54) is 25.4 Å². The summed E-state index contributed by atoms with van der Waals surface area (Å²) in [5.41, 5.74) is 1.41. The zero-order chi connectivity index (χ0) is 10.1. The fourth-order valence-electron chi connectivity index (χ4n) is 1.63. The molecule has 0 radical (unpaired) electrons. The van der Waals surface area contributed by atoms with E-state index < -0.39 is 0 Å². The number of hydrogen-bond donors (Lipinski definition) is 0. The molecule has 0 spiro atoms. The lowest BCUT2D eigenvalue weighted by atomic mass is 10.2. The van der Waals surface area contributed by atoms with Crippen molar-refractivity contribution in [3.63, 3.8) is 0 Å². The van der Waals surface area contributed by atoms with Crippen LogP contribution < -0.4 is 0 Å². The first kappa shape index (κ1) is 10.1. The Balaban J connectivity index is 2.68. The number of hydrogen-bond acceptors (Lipinski definition) is 2. The van der Waals surface area contributed by atoms with Crippen LogP contribution in [0, 0.1) is 13.8 Å². The van der Waals surface area contributed by atoms with Crippen molar-refractivity contribution in [3.05, 3.63) is 28.6 Å². The molecule has 0 fully saturated rings. The number of rotatable bonds is 2. The molecule has 1 heterocycles. The van der Waals surface area contributed by atoms with Crippen molar-refractivity contribution < 1.29 is 0 Å². The monoisotopic (exact) mass is 222 g/mol. The molecule has 2 rings (SSSR count). The molecular formula is C12H14S2. The molecule has 0 N–H and O–H groups in total. The molecule has 14 heavy (non-hydrogen) atoms. The van der Waals surface area contributed by atoms with Crippen LogP contribution in [0.2, 0.25) is 0 Å². The molecule has 0 aliphatic rings. The molecule has 0 bridgehead atoms. The fourth-order valence-corrected chi connectivity index (χ4v) is 3.77. The molecule has 2 aromatic rings. The average molecular weight is 222 g/mol. The van der Waals surface area contributed by atoms with Gasteiger partial charge in [0, 0.05) is 14.5 Å². The van der Waals surface area contributed by atoms with E-state index in [9.17, 15) is 0 Å². The predicted octanol–water partition coefficient (Wildman–Crippen LogP) is 4.63. The maximum absolute atomic E-state index is 2.28. The average Bonchev–Trinajstić information content (AvgIpc) is 2.51. The molecule has 0 atom stereocenters. The van der Waals surface area contributed by atoms with Gasteiger partial charge in [0.1, 0.15) is 0 Å². The Hall–Kier alpha value is -0.470. The molecule has 2 heteroatoms. The molecule has 74 valence electrons. The first-order valence-electron chi connectivity index (χ1n) is 4.85. The third-order valence-corrected chi connectivity index (χ3v) is 4.57. The lowest BCUT2D eigenvalue weighted by Crippen LogP contribution is -1.79. The SMILES string of the molecule is CCSc1c(C)ccc2cc(C)sc12. The summed E-state index contributed by atoms with van der Waals surface area (Å²) in [6.07, 6.45) is 0. The van der Waals surface area contributed by atoms with Crippen LogP contribution in [0.1, 0.15) is 17.4 Å². The van der Waals surface area contributed by atoms with Gasteiger partial charge in [-0.25, -0.2) is 0 Å². The Morgan fingerprint density at radius 3 is 2.79 bits per heavy atom. The summed E-state index contributed by atoms with van der Waals surface area (Å²) in [6.45, 7) is 6.59.